The van der Waals surface area contributed by atoms with E-state index in [4.69, 9.17) is 0 Å². The second-order valence-electron chi connectivity index (χ2n) is 6.30. The molecule has 0 unspecified atom stereocenters. The molecule has 1 N–H and O–H groups in total. The third-order valence-electron chi connectivity index (χ3n) is 4.81. The van der Waals surface area contributed by atoms with E-state index in [1.54, 1.807) is 31.2 Å². The number of rotatable bonds is 2. The number of hydrogen-bond acceptors (Lipinski definition) is 6. The van der Waals surface area contributed by atoms with Crippen molar-refractivity contribution >= 4 is 21.2 Å². The molecule has 8 heteroatoms. The highest BCUT2D eigenvalue weighted by Crippen LogP contribution is 2.50. The number of nitriles is 1. The molecule has 0 saturated heterocycles. The Bertz CT molecular complexity index is 1200. The Morgan fingerprint density at radius 1 is 1.15 bits per heavy atom. The van der Waals surface area contributed by atoms with Crippen LogP contribution in [0.1, 0.15) is 24.0 Å². The fourth-order valence-corrected chi connectivity index (χ4v) is 5.53. The Morgan fingerprint density at radius 3 is 2.44 bits per heavy atom. The third kappa shape index (κ3) is 2.36. The van der Waals surface area contributed by atoms with Crippen molar-refractivity contribution in [3.8, 4) is 6.07 Å². The van der Waals surface area contributed by atoms with Crippen LogP contribution in [0.5, 0.6) is 0 Å². The summed E-state index contributed by atoms with van der Waals surface area (Å²) in [6, 6.07) is 14.4. The highest BCUT2D eigenvalue weighted by Gasteiger charge is 2.44. The van der Waals surface area contributed by atoms with Gasteiger partial charge < -0.3 is 5.32 Å². The summed E-state index contributed by atoms with van der Waals surface area (Å²) in [5.41, 5.74) is 2.28. The molecule has 2 aromatic rings. The number of dihydropyridines is 1. The number of benzene rings is 2. The highest BCUT2D eigenvalue weighted by molar-refractivity contribution is 7.96. The monoisotopic (exact) mass is 379 g/mol. The number of nitrogens with one attached hydrogen (secondary N) is 1. The van der Waals surface area contributed by atoms with Crippen LogP contribution < -0.4 is 5.32 Å². The zero-order valence-electron chi connectivity index (χ0n) is 14.1. The van der Waals surface area contributed by atoms with Crippen molar-refractivity contribution in [1.29, 1.82) is 5.26 Å². The first-order valence-electron chi connectivity index (χ1n) is 8.07. The van der Waals surface area contributed by atoms with Crippen LogP contribution in [-0.4, -0.2) is 13.3 Å². The first-order chi connectivity index (χ1) is 12.9. The molecule has 2 aliphatic heterocycles. The Kier molecular flexibility index (Phi) is 3.64. The summed E-state index contributed by atoms with van der Waals surface area (Å²) in [7, 11) is -3.80. The topological polar surface area (TPSA) is 113 Å². The van der Waals surface area contributed by atoms with E-state index in [2.05, 4.69) is 11.4 Å². The quantitative estimate of drug-likeness (QED) is 0.633. The van der Waals surface area contributed by atoms with Gasteiger partial charge >= 0.3 is 0 Å². The van der Waals surface area contributed by atoms with Crippen molar-refractivity contribution < 1.29 is 13.3 Å². The zero-order chi connectivity index (χ0) is 19.3. The predicted octanol–water partition coefficient (Wildman–Crippen LogP) is 3.24. The van der Waals surface area contributed by atoms with Crippen LogP contribution in [0.4, 0.5) is 5.69 Å². The molecule has 7 nitrogen and oxygen atoms in total. The van der Waals surface area contributed by atoms with Crippen molar-refractivity contribution in [3.63, 3.8) is 0 Å². The minimum Gasteiger partial charge on any atom is -0.357 e. The molecule has 0 saturated carbocycles. The molecule has 0 aromatic heterocycles. The van der Waals surface area contributed by atoms with E-state index in [1.807, 2.05) is 0 Å². The van der Waals surface area contributed by atoms with Crippen LogP contribution in [0.15, 0.2) is 69.6 Å². The van der Waals surface area contributed by atoms with Gasteiger partial charge in [0.25, 0.3) is 5.69 Å². The minimum atomic E-state index is -3.80. The Balaban J connectivity index is 1.97. The largest absolute Gasteiger partial charge is 0.357 e. The van der Waals surface area contributed by atoms with Gasteiger partial charge in [-0.2, -0.15) is 5.26 Å². The maximum atomic E-state index is 13.2. The van der Waals surface area contributed by atoms with E-state index in [9.17, 15) is 23.8 Å². The lowest BCUT2D eigenvalue weighted by Gasteiger charge is -2.26. The van der Waals surface area contributed by atoms with E-state index in [-0.39, 0.29) is 21.1 Å². The number of non-ortho nitro benzene ring substituents is 1. The number of allylic oxidation sites excluding steroid dienone is 3. The number of fused-ring (bicyclic) bond motifs is 2. The van der Waals surface area contributed by atoms with Gasteiger partial charge in [0.2, 0.25) is 9.84 Å². The molecular formula is C19H13N3O4S. The van der Waals surface area contributed by atoms with Gasteiger partial charge in [0.15, 0.2) is 0 Å². The van der Waals surface area contributed by atoms with Gasteiger partial charge in [-0.1, -0.05) is 30.3 Å². The Labute approximate surface area is 155 Å². The number of nitrogens with zero attached hydrogens (tertiary/aromatic N) is 2. The molecule has 134 valence electrons. The lowest BCUT2D eigenvalue weighted by molar-refractivity contribution is -0.384. The van der Waals surface area contributed by atoms with Crippen molar-refractivity contribution in [2.75, 3.05) is 0 Å². The molecule has 0 amide bonds. The minimum absolute atomic E-state index is 0.0985. The summed E-state index contributed by atoms with van der Waals surface area (Å²) < 4.78 is 26.4. The maximum absolute atomic E-state index is 13.2. The fraction of sp³-hybridized carbons (Fsp3) is 0.105. The SMILES string of the molecule is CC1=C(C#N)[C@H](c2ccc([N+](=O)[O-])cc2)C2=C(N1)c1ccccc1S2(=O)=O. The molecule has 0 fully saturated rings. The summed E-state index contributed by atoms with van der Waals surface area (Å²) in [4.78, 5) is 10.7. The van der Waals surface area contributed by atoms with Crippen LogP contribution in [0, 0.1) is 21.4 Å². The summed E-state index contributed by atoms with van der Waals surface area (Å²) in [5.74, 6) is -0.815. The van der Waals surface area contributed by atoms with Crippen molar-refractivity contribution in [3.05, 3.63) is 85.9 Å². The average molecular weight is 379 g/mol. The van der Waals surface area contributed by atoms with Gasteiger partial charge in [0.05, 0.1) is 38.0 Å². The van der Waals surface area contributed by atoms with Crippen LogP contribution >= 0.6 is 0 Å². The van der Waals surface area contributed by atoms with Crippen molar-refractivity contribution in [2.24, 2.45) is 0 Å². The normalized spacial score (nSPS) is 19.8. The van der Waals surface area contributed by atoms with E-state index in [0.717, 1.165) is 0 Å². The van der Waals surface area contributed by atoms with Crippen molar-refractivity contribution in [1.82, 2.24) is 5.32 Å². The van der Waals surface area contributed by atoms with E-state index in [0.29, 0.717) is 22.5 Å². The highest BCUT2D eigenvalue weighted by atomic mass is 32.2. The molecule has 27 heavy (non-hydrogen) atoms. The van der Waals surface area contributed by atoms with Gasteiger partial charge in [-0.3, -0.25) is 10.1 Å². The predicted molar refractivity (Wildman–Crippen MR) is 97.8 cm³/mol. The number of nitro benzene ring substituents is 1. The molecule has 0 radical (unpaired) electrons. The van der Waals surface area contributed by atoms with Crippen molar-refractivity contribution in [2.45, 2.75) is 17.7 Å². The van der Waals surface area contributed by atoms with Gasteiger partial charge in [-0.15, -0.1) is 0 Å². The van der Waals surface area contributed by atoms with E-state index < -0.39 is 20.7 Å². The van der Waals surface area contributed by atoms with Crippen LogP contribution in [0.25, 0.3) is 5.70 Å². The van der Waals surface area contributed by atoms with E-state index >= 15 is 0 Å². The molecule has 0 spiro atoms. The smallest absolute Gasteiger partial charge is 0.269 e. The Hall–Kier alpha value is -3.44. The molecule has 2 aliphatic rings. The molecule has 2 aromatic carbocycles. The fourth-order valence-electron chi connectivity index (χ4n) is 3.58. The second kappa shape index (κ2) is 5.79. The van der Waals surface area contributed by atoms with Gasteiger partial charge in [-0.25, -0.2) is 8.42 Å². The van der Waals surface area contributed by atoms with Crippen LogP contribution in [-0.2, 0) is 9.84 Å². The number of hydrogen-bond donors (Lipinski definition) is 1. The molecule has 4 rings (SSSR count). The number of nitro groups is 1. The average Bonchev–Trinajstić information content (AvgIpc) is 2.88. The molecule has 1 atom stereocenters. The summed E-state index contributed by atoms with van der Waals surface area (Å²) in [6.45, 7) is 1.72. The van der Waals surface area contributed by atoms with Gasteiger partial charge in [0.1, 0.15) is 0 Å². The molecule has 2 heterocycles. The third-order valence-corrected chi connectivity index (χ3v) is 6.76. The lowest BCUT2D eigenvalue weighted by atomic mass is 9.86. The second-order valence-corrected chi connectivity index (χ2v) is 8.18. The summed E-state index contributed by atoms with van der Waals surface area (Å²) in [6.07, 6.45) is 0. The molecule has 0 bridgehead atoms. The standard InChI is InChI=1S/C19H13N3O4S/c1-11-15(10-20)17(12-6-8-13(9-7-12)22(23)24)19-18(21-11)14-4-2-3-5-16(14)27(19,25)26/h2-9,17,21H,1H3/t17-/m0/s1. The molecule has 0 aliphatic carbocycles. The lowest BCUT2D eigenvalue weighted by Crippen LogP contribution is -2.24. The summed E-state index contributed by atoms with van der Waals surface area (Å²) in [5, 5.41) is 23.7. The van der Waals surface area contributed by atoms with Crippen LogP contribution in [0.3, 0.4) is 0 Å². The zero-order valence-corrected chi connectivity index (χ0v) is 14.9. The Morgan fingerprint density at radius 2 is 1.81 bits per heavy atom. The first-order valence-corrected chi connectivity index (χ1v) is 9.55. The number of sulfone groups is 1. The first kappa shape index (κ1) is 17.0. The maximum Gasteiger partial charge on any atom is 0.269 e. The van der Waals surface area contributed by atoms with Gasteiger partial charge in [-0.05, 0) is 18.6 Å². The molecular weight excluding hydrogens is 366 g/mol. The van der Waals surface area contributed by atoms with E-state index in [1.165, 1.54) is 24.3 Å². The van der Waals surface area contributed by atoms with Crippen LogP contribution in [0.2, 0.25) is 0 Å². The van der Waals surface area contributed by atoms with Gasteiger partial charge in [0, 0.05) is 23.4 Å². The summed E-state index contributed by atoms with van der Waals surface area (Å²) >= 11 is 0.